The van der Waals surface area contributed by atoms with Crippen LogP contribution in [-0.2, 0) is 4.79 Å². The summed E-state index contributed by atoms with van der Waals surface area (Å²) >= 11 is 0. The quantitative estimate of drug-likeness (QED) is 0.643. The Bertz CT molecular complexity index is 221. The van der Waals surface area contributed by atoms with Gasteiger partial charge >= 0.3 is 0 Å². The molecule has 1 fully saturated rings. The van der Waals surface area contributed by atoms with Gasteiger partial charge in [-0.1, -0.05) is 0 Å². The minimum absolute atomic E-state index is 0.00601. The maximum atomic E-state index is 11.5. The largest absolute Gasteiger partial charge is 0.395 e. The highest BCUT2D eigenvalue weighted by atomic mass is 16.3. The number of likely N-dealkylation sites (tertiary alicyclic amines) is 1. The molecule has 1 saturated heterocycles. The molecular weight excluding hydrogens is 206 g/mol. The van der Waals surface area contributed by atoms with Gasteiger partial charge in [-0.25, -0.2) is 0 Å². The number of piperidine rings is 1. The van der Waals surface area contributed by atoms with Crippen LogP contribution in [0, 0.1) is 0 Å². The summed E-state index contributed by atoms with van der Waals surface area (Å²) in [6, 6.07) is 0.555. The van der Waals surface area contributed by atoms with Gasteiger partial charge < -0.3 is 15.3 Å². The Hall–Kier alpha value is -0.650. The van der Waals surface area contributed by atoms with Gasteiger partial charge in [0.05, 0.1) is 13.2 Å². The Labute approximate surface area is 97.4 Å². The Kier molecular flexibility index (Phi) is 5.73. The highest BCUT2D eigenvalue weighted by molar-refractivity contribution is 5.77. The molecule has 0 radical (unpaired) electrons. The number of likely N-dealkylation sites (N-methyl/N-ethyl adjacent to an activating group) is 1. The molecule has 5 nitrogen and oxygen atoms in total. The first-order valence-corrected chi connectivity index (χ1v) is 5.90. The number of carbonyl (C=O) groups is 1. The second kappa shape index (κ2) is 6.83. The smallest absolute Gasteiger partial charge is 0.234 e. The summed E-state index contributed by atoms with van der Waals surface area (Å²) in [5.41, 5.74) is 0. The summed E-state index contributed by atoms with van der Waals surface area (Å²) in [6.07, 6.45) is 2.36. The Morgan fingerprint density at radius 2 is 2.31 bits per heavy atom. The van der Waals surface area contributed by atoms with E-state index in [4.69, 9.17) is 5.11 Å². The Morgan fingerprint density at radius 1 is 1.56 bits per heavy atom. The predicted octanol–water partition coefficient (Wildman–Crippen LogP) is -0.879. The van der Waals surface area contributed by atoms with Gasteiger partial charge in [-0.05, 0) is 33.5 Å². The lowest BCUT2D eigenvalue weighted by Gasteiger charge is -2.35. The molecule has 0 bridgehead atoms. The molecule has 1 amide bonds. The van der Waals surface area contributed by atoms with Crippen molar-refractivity contribution in [2.24, 2.45) is 0 Å². The minimum atomic E-state index is 0.00601. The van der Waals surface area contributed by atoms with Crippen LogP contribution in [0.4, 0.5) is 0 Å². The van der Waals surface area contributed by atoms with E-state index >= 15 is 0 Å². The molecule has 0 aromatic rings. The minimum Gasteiger partial charge on any atom is -0.395 e. The zero-order valence-electron chi connectivity index (χ0n) is 10.3. The van der Waals surface area contributed by atoms with Crippen LogP contribution in [0.3, 0.4) is 0 Å². The van der Waals surface area contributed by atoms with Crippen molar-refractivity contribution in [2.75, 3.05) is 46.9 Å². The summed E-state index contributed by atoms with van der Waals surface area (Å²) in [4.78, 5) is 15.9. The standard InChI is InChI=1S/C11H23N3O2/c1-13(2)10-4-3-6-14(8-10)9-11(16)12-5-7-15/h10,15H,3-9H2,1-2H3,(H,12,16). The Balaban J connectivity index is 2.28. The molecule has 0 saturated carbocycles. The number of carbonyl (C=O) groups excluding carboxylic acids is 1. The van der Waals surface area contributed by atoms with Crippen LogP contribution in [0.2, 0.25) is 0 Å². The van der Waals surface area contributed by atoms with Gasteiger partial charge in [0.1, 0.15) is 0 Å². The molecule has 1 rings (SSSR count). The molecule has 1 aliphatic rings. The van der Waals surface area contributed by atoms with Crippen molar-refractivity contribution < 1.29 is 9.90 Å². The number of aliphatic hydroxyl groups is 1. The molecule has 2 N–H and O–H groups in total. The van der Waals surface area contributed by atoms with Crippen molar-refractivity contribution in [1.82, 2.24) is 15.1 Å². The first kappa shape index (κ1) is 13.4. The molecule has 94 valence electrons. The SMILES string of the molecule is CN(C)C1CCCN(CC(=O)NCCO)C1. The summed E-state index contributed by atoms with van der Waals surface area (Å²) < 4.78 is 0. The summed E-state index contributed by atoms with van der Waals surface area (Å²) in [5.74, 6) is 0.00783. The van der Waals surface area contributed by atoms with Gasteiger partial charge in [-0.3, -0.25) is 9.69 Å². The molecule has 1 atom stereocenters. The van der Waals surface area contributed by atoms with Crippen molar-refractivity contribution in [3.63, 3.8) is 0 Å². The number of nitrogens with one attached hydrogen (secondary N) is 1. The first-order valence-electron chi connectivity index (χ1n) is 5.90. The predicted molar refractivity (Wildman–Crippen MR) is 63.2 cm³/mol. The fourth-order valence-corrected chi connectivity index (χ4v) is 2.05. The van der Waals surface area contributed by atoms with Gasteiger partial charge in [0, 0.05) is 19.1 Å². The van der Waals surface area contributed by atoms with Gasteiger partial charge in [-0.15, -0.1) is 0 Å². The Morgan fingerprint density at radius 3 is 2.94 bits per heavy atom. The molecule has 0 aromatic carbocycles. The lowest BCUT2D eigenvalue weighted by atomic mass is 10.1. The number of aliphatic hydroxyl groups excluding tert-OH is 1. The molecule has 0 spiro atoms. The summed E-state index contributed by atoms with van der Waals surface area (Å²) in [7, 11) is 4.17. The van der Waals surface area contributed by atoms with Crippen LogP contribution in [0.5, 0.6) is 0 Å². The van der Waals surface area contributed by atoms with E-state index in [0.717, 1.165) is 19.5 Å². The number of hydrogen-bond donors (Lipinski definition) is 2. The maximum Gasteiger partial charge on any atom is 0.234 e. The van der Waals surface area contributed by atoms with Crippen molar-refractivity contribution in [2.45, 2.75) is 18.9 Å². The van der Waals surface area contributed by atoms with E-state index in [1.807, 2.05) is 0 Å². The van der Waals surface area contributed by atoms with Crippen LogP contribution < -0.4 is 5.32 Å². The van der Waals surface area contributed by atoms with E-state index in [1.54, 1.807) is 0 Å². The van der Waals surface area contributed by atoms with E-state index in [-0.39, 0.29) is 12.5 Å². The zero-order chi connectivity index (χ0) is 12.0. The average molecular weight is 229 g/mol. The van der Waals surface area contributed by atoms with Crippen LogP contribution in [0.25, 0.3) is 0 Å². The third-order valence-electron chi connectivity index (χ3n) is 3.01. The number of amides is 1. The van der Waals surface area contributed by atoms with Crippen LogP contribution in [0.1, 0.15) is 12.8 Å². The van der Waals surface area contributed by atoms with Crippen LogP contribution in [-0.4, -0.2) is 73.7 Å². The topological polar surface area (TPSA) is 55.8 Å². The molecular formula is C11H23N3O2. The molecule has 0 aromatic heterocycles. The molecule has 1 aliphatic heterocycles. The fourth-order valence-electron chi connectivity index (χ4n) is 2.05. The van der Waals surface area contributed by atoms with Gasteiger partial charge in [0.25, 0.3) is 0 Å². The van der Waals surface area contributed by atoms with E-state index in [9.17, 15) is 4.79 Å². The molecule has 5 heteroatoms. The average Bonchev–Trinajstić information content (AvgIpc) is 2.26. The molecule has 1 heterocycles. The second-order valence-corrected chi connectivity index (χ2v) is 4.57. The highest BCUT2D eigenvalue weighted by Gasteiger charge is 2.22. The maximum absolute atomic E-state index is 11.5. The van der Waals surface area contributed by atoms with Gasteiger partial charge in [-0.2, -0.15) is 0 Å². The van der Waals surface area contributed by atoms with E-state index in [1.165, 1.54) is 6.42 Å². The van der Waals surface area contributed by atoms with E-state index < -0.39 is 0 Å². The van der Waals surface area contributed by atoms with Gasteiger partial charge in [0.2, 0.25) is 5.91 Å². The fraction of sp³-hybridized carbons (Fsp3) is 0.909. The summed E-state index contributed by atoms with van der Waals surface area (Å²) in [6.45, 7) is 2.76. The number of hydrogen-bond acceptors (Lipinski definition) is 4. The zero-order valence-corrected chi connectivity index (χ0v) is 10.3. The van der Waals surface area contributed by atoms with Crippen molar-refractivity contribution in [1.29, 1.82) is 0 Å². The third-order valence-corrected chi connectivity index (χ3v) is 3.01. The number of rotatable bonds is 5. The normalized spacial score (nSPS) is 22.4. The van der Waals surface area contributed by atoms with E-state index in [0.29, 0.717) is 19.1 Å². The monoisotopic (exact) mass is 229 g/mol. The van der Waals surface area contributed by atoms with Gasteiger partial charge in [0.15, 0.2) is 0 Å². The lowest BCUT2D eigenvalue weighted by Crippen LogP contribution is -2.48. The third kappa shape index (κ3) is 4.47. The van der Waals surface area contributed by atoms with E-state index in [2.05, 4.69) is 29.2 Å². The van der Waals surface area contributed by atoms with Crippen molar-refractivity contribution >= 4 is 5.91 Å². The van der Waals surface area contributed by atoms with Crippen molar-refractivity contribution in [3.05, 3.63) is 0 Å². The molecule has 0 aliphatic carbocycles. The summed E-state index contributed by atoms with van der Waals surface area (Å²) in [5, 5.41) is 11.3. The molecule has 1 unspecified atom stereocenters. The lowest BCUT2D eigenvalue weighted by molar-refractivity contribution is -0.122. The van der Waals surface area contributed by atoms with Crippen LogP contribution in [0.15, 0.2) is 0 Å². The van der Waals surface area contributed by atoms with Crippen molar-refractivity contribution in [3.8, 4) is 0 Å². The molecule has 16 heavy (non-hydrogen) atoms. The second-order valence-electron chi connectivity index (χ2n) is 4.57. The number of nitrogens with zero attached hydrogens (tertiary/aromatic N) is 2. The first-order chi connectivity index (χ1) is 7.63. The highest BCUT2D eigenvalue weighted by Crippen LogP contribution is 2.12. The van der Waals surface area contributed by atoms with Crippen LogP contribution >= 0.6 is 0 Å².